The van der Waals surface area contributed by atoms with E-state index in [4.69, 9.17) is 10.7 Å². The number of nitrogens with two attached hydrogens (primary N) is 1. The molecule has 2 N–H and O–H groups in total. The number of amides is 2. The van der Waals surface area contributed by atoms with Gasteiger partial charge in [-0.2, -0.15) is 5.90 Å². The zero-order chi connectivity index (χ0) is 22.2. The lowest BCUT2D eigenvalue weighted by Crippen LogP contribution is -2.32. The molecule has 3 rings (SSSR count). The van der Waals surface area contributed by atoms with E-state index in [2.05, 4.69) is 5.18 Å². The highest BCUT2D eigenvalue weighted by atomic mass is 16.6. The molecule has 1 aliphatic heterocycles. The van der Waals surface area contributed by atoms with Crippen LogP contribution in [0.2, 0.25) is 0 Å². The standard InChI is InChI=1S/C23H21N3O5/c24-31-22-20(18(27)14-13-16-8-3-1-4-9-16)21(17-10-5-2-6-11-17)26(23(22)29)15-7-12-19(28)25-30/h1-6,8-11,13-14,21H,7,12,15,24H2/b14-13-. The third-order valence-corrected chi connectivity index (χ3v) is 4.90. The number of allylic oxidation sites excluding steroid dienone is 1. The van der Waals surface area contributed by atoms with Crippen LogP contribution in [0.25, 0.3) is 6.08 Å². The number of rotatable bonds is 9. The normalized spacial score (nSPS) is 16.1. The molecule has 8 nitrogen and oxygen atoms in total. The number of nitroso groups, excluding NO2 is 1. The lowest BCUT2D eigenvalue weighted by Gasteiger charge is -2.26. The molecule has 31 heavy (non-hydrogen) atoms. The van der Waals surface area contributed by atoms with Gasteiger partial charge in [0, 0.05) is 18.1 Å². The van der Waals surface area contributed by atoms with Crippen molar-refractivity contribution in [3.8, 4) is 0 Å². The Kier molecular flexibility index (Phi) is 7.18. The largest absolute Gasteiger partial charge is 0.405 e. The molecule has 1 unspecified atom stereocenters. The van der Waals surface area contributed by atoms with Gasteiger partial charge in [0.2, 0.25) is 5.76 Å². The van der Waals surface area contributed by atoms with E-state index < -0.39 is 23.6 Å². The van der Waals surface area contributed by atoms with Crippen LogP contribution in [0.5, 0.6) is 0 Å². The molecule has 2 amide bonds. The second-order valence-electron chi connectivity index (χ2n) is 6.87. The maximum atomic E-state index is 13.1. The van der Waals surface area contributed by atoms with Gasteiger partial charge in [-0.05, 0) is 23.6 Å². The molecular weight excluding hydrogens is 398 g/mol. The molecule has 1 atom stereocenters. The summed E-state index contributed by atoms with van der Waals surface area (Å²) in [6.45, 7) is 0.117. The molecular formula is C23H21N3O5. The SMILES string of the molecule is NOC1=C(C(=O)/C=C\c2ccccc2)C(c2ccccc2)N(CCCC(=O)N=O)C1=O. The Morgan fingerprint density at radius 3 is 2.32 bits per heavy atom. The van der Waals surface area contributed by atoms with E-state index in [1.807, 2.05) is 36.4 Å². The van der Waals surface area contributed by atoms with Crippen molar-refractivity contribution in [2.75, 3.05) is 6.54 Å². The summed E-state index contributed by atoms with van der Waals surface area (Å²) >= 11 is 0. The third-order valence-electron chi connectivity index (χ3n) is 4.90. The van der Waals surface area contributed by atoms with Crippen LogP contribution in [0, 0.1) is 4.91 Å². The highest BCUT2D eigenvalue weighted by molar-refractivity contribution is 6.14. The summed E-state index contributed by atoms with van der Waals surface area (Å²) < 4.78 is 0. The first-order chi connectivity index (χ1) is 15.1. The first-order valence-electron chi connectivity index (χ1n) is 9.67. The maximum Gasteiger partial charge on any atom is 0.292 e. The van der Waals surface area contributed by atoms with Gasteiger partial charge in [-0.25, -0.2) is 0 Å². The Morgan fingerprint density at radius 1 is 1.06 bits per heavy atom. The first-order valence-corrected chi connectivity index (χ1v) is 9.67. The number of hydrogen-bond acceptors (Lipinski definition) is 6. The van der Waals surface area contributed by atoms with Crippen molar-refractivity contribution in [2.24, 2.45) is 11.1 Å². The predicted octanol–water partition coefficient (Wildman–Crippen LogP) is 3.07. The fraction of sp³-hybridized carbons (Fsp3) is 0.174. The van der Waals surface area contributed by atoms with Gasteiger partial charge in [0.15, 0.2) is 5.78 Å². The Labute approximate surface area is 178 Å². The molecule has 1 heterocycles. The smallest absolute Gasteiger partial charge is 0.292 e. The number of carbonyl (C=O) groups excluding carboxylic acids is 3. The van der Waals surface area contributed by atoms with Crippen LogP contribution in [-0.4, -0.2) is 29.0 Å². The summed E-state index contributed by atoms with van der Waals surface area (Å²) in [6, 6.07) is 17.5. The van der Waals surface area contributed by atoms with Crippen LogP contribution in [0.3, 0.4) is 0 Å². The topological polar surface area (TPSA) is 119 Å². The molecule has 1 aliphatic rings. The number of ketones is 1. The van der Waals surface area contributed by atoms with E-state index in [1.165, 1.54) is 11.0 Å². The van der Waals surface area contributed by atoms with Crippen molar-refractivity contribution in [3.63, 3.8) is 0 Å². The fourth-order valence-electron chi connectivity index (χ4n) is 3.49. The minimum Gasteiger partial charge on any atom is -0.405 e. The minimum atomic E-state index is -0.798. The summed E-state index contributed by atoms with van der Waals surface area (Å²) in [6.07, 6.45) is 3.12. The minimum absolute atomic E-state index is 0.106. The zero-order valence-corrected chi connectivity index (χ0v) is 16.6. The summed E-state index contributed by atoms with van der Waals surface area (Å²) in [5.74, 6) is 3.36. The van der Waals surface area contributed by atoms with Crippen LogP contribution in [0.4, 0.5) is 0 Å². The molecule has 0 fully saturated rings. The highest BCUT2D eigenvalue weighted by Crippen LogP contribution is 2.39. The molecule has 0 saturated heterocycles. The Bertz CT molecular complexity index is 1030. The summed E-state index contributed by atoms with van der Waals surface area (Å²) in [5.41, 5.74) is 1.63. The molecule has 0 aromatic heterocycles. The van der Waals surface area contributed by atoms with Crippen LogP contribution in [0.1, 0.15) is 30.0 Å². The molecule has 0 aliphatic carbocycles. The van der Waals surface area contributed by atoms with E-state index in [9.17, 15) is 19.3 Å². The number of nitrogens with zero attached hydrogens (tertiary/aromatic N) is 2. The Morgan fingerprint density at radius 2 is 1.71 bits per heavy atom. The number of benzene rings is 2. The van der Waals surface area contributed by atoms with Crippen LogP contribution in [-0.2, 0) is 19.2 Å². The fourth-order valence-corrected chi connectivity index (χ4v) is 3.49. The van der Waals surface area contributed by atoms with Gasteiger partial charge in [-0.15, -0.1) is 4.91 Å². The van der Waals surface area contributed by atoms with Crippen LogP contribution in [0.15, 0.2) is 83.2 Å². The molecule has 158 valence electrons. The third kappa shape index (κ3) is 4.99. The van der Waals surface area contributed by atoms with Crippen molar-refractivity contribution >= 4 is 23.7 Å². The van der Waals surface area contributed by atoms with Crippen molar-refractivity contribution in [1.29, 1.82) is 0 Å². The van der Waals surface area contributed by atoms with Crippen LogP contribution >= 0.6 is 0 Å². The lowest BCUT2D eigenvalue weighted by atomic mass is 9.95. The second kappa shape index (κ2) is 10.2. The van der Waals surface area contributed by atoms with Crippen LogP contribution < -0.4 is 5.90 Å². The number of hydrogen-bond donors (Lipinski definition) is 1. The predicted molar refractivity (Wildman–Crippen MR) is 114 cm³/mol. The van der Waals surface area contributed by atoms with E-state index in [1.54, 1.807) is 30.3 Å². The number of carbonyl (C=O) groups is 3. The first kappa shape index (κ1) is 21.8. The van der Waals surface area contributed by atoms with Gasteiger partial charge in [0.25, 0.3) is 11.8 Å². The second-order valence-corrected chi connectivity index (χ2v) is 6.87. The zero-order valence-electron chi connectivity index (χ0n) is 16.6. The quantitative estimate of drug-likeness (QED) is 0.379. The molecule has 0 radical (unpaired) electrons. The van der Waals surface area contributed by atoms with E-state index in [-0.39, 0.29) is 30.7 Å². The average molecular weight is 419 g/mol. The van der Waals surface area contributed by atoms with Gasteiger partial charge in [-0.3, -0.25) is 14.4 Å². The highest BCUT2D eigenvalue weighted by Gasteiger charge is 2.43. The van der Waals surface area contributed by atoms with Gasteiger partial charge in [-0.1, -0.05) is 66.7 Å². The monoisotopic (exact) mass is 419 g/mol. The van der Waals surface area contributed by atoms with Gasteiger partial charge in [0.1, 0.15) is 0 Å². The molecule has 0 spiro atoms. The van der Waals surface area contributed by atoms with Gasteiger partial charge < -0.3 is 9.74 Å². The summed E-state index contributed by atoms with van der Waals surface area (Å²) in [4.78, 5) is 53.9. The average Bonchev–Trinajstić information content (AvgIpc) is 3.10. The molecule has 0 saturated carbocycles. The van der Waals surface area contributed by atoms with Crippen molar-refractivity contribution in [1.82, 2.24) is 4.90 Å². The molecule has 0 bridgehead atoms. The van der Waals surface area contributed by atoms with E-state index >= 15 is 0 Å². The Hall–Kier alpha value is -3.91. The Balaban J connectivity index is 1.94. The van der Waals surface area contributed by atoms with Gasteiger partial charge >= 0.3 is 0 Å². The van der Waals surface area contributed by atoms with E-state index in [0.29, 0.717) is 5.56 Å². The van der Waals surface area contributed by atoms with E-state index in [0.717, 1.165) is 5.56 Å². The van der Waals surface area contributed by atoms with Crippen molar-refractivity contribution in [2.45, 2.75) is 18.9 Å². The molecule has 8 heteroatoms. The van der Waals surface area contributed by atoms with Gasteiger partial charge in [0.05, 0.1) is 11.6 Å². The molecule has 2 aromatic carbocycles. The van der Waals surface area contributed by atoms with Crippen molar-refractivity contribution in [3.05, 3.63) is 94.1 Å². The summed E-state index contributed by atoms with van der Waals surface area (Å²) in [7, 11) is 0. The lowest BCUT2D eigenvalue weighted by molar-refractivity contribution is -0.130. The summed E-state index contributed by atoms with van der Waals surface area (Å²) in [5, 5.41) is 2.37. The van der Waals surface area contributed by atoms with Crippen molar-refractivity contribution < 1.29 is 19.2 Å². The maximum absolute atomic E-state index is 13.1. The molecule has 2 aromatic rings.